The maximum atomic E-state index is 13.3. The molecule has 0 radical (unpaired) electrons. The normalized spacial score (nSPS) is 14.9. The van der Waals surface area contributed by atoms with Crippen LogP contribution in [0.5, 0.6) is 0 Å². The number of Topliss-reactive ketones (excluding diaryl/α,β-unsaturated/α-hetero) is 1. The smallest absolute Gasteiger partial charge is 0.293 e. The van der Waals surface area contributed by atoms with Gasteiger partial charge in [-0.15, -0.1) is 11.3 Å². The predicted molar refractivity (Wildman–Crippen MR) is 92.4 cm³/mol. The van der Waals surface area contributed by atoms with Crippen molar-refractivity contribution < 1.29 is 18.0 Å². The zero-order chi connectivity index (χ0) is 19.5. The minimum Gasteiger partial charge on any atom is -0.293 e. The molecule has 1 aliphatic rings. The summed E-state index contributed by atoms with van der Waals surface area (Å²) in [6.07, 6.45) is -2.87. The fraction of sp³-hybridized carbons (Fsp3) is 0.412. The summed E-state index contributed by atoms with van der Waals surface area (Å²) in [5.74, 6) is -0.192. The second-order valence-corrected chi connectivity index (χ2v) is 7.83. The van der Waals surface area contributed by atoms with Crippen molar-refractivity contribution in [1.82, 2.24) is 19.2 Å². The van der Waals surface area contributed by atoms with Crippen molar-refractivity contribution in [2.24, 2.45) is 0 Å². The first kappa shape index (κ1) is 17.9. The molecule has 0 aromatic carbocycles. The predicted octanol–water partition coefficient (Wildman–Crippen LogP) is 3.41. The Kier molecular flexibility index (Phi) is 3.99. The Labute approximate surface area is 155 Å². The van der Waals surface area contributed by atoms with Gasteiger partial charge in [-0.2, -0.15) is 18.3 Å². The molecular weight excluding hydrogens is 381 g/mol. The van der Waals surface area contributed by atoms with Gasteiger partial charge in [-0.3, -0.25) is 14.3 Å². The molecule has 142 valence electrons. The maximum absolute atomic E-state index is 13.3. The number of hydrogen-bond acceptors (Lipinski definition) is 5. The molecule has 3 aromatic heterocycles. The van der Waals surface area contributed by atoms with Gasteiger partial charge in [0.25, 0.3) is 5.56 Å². The number of rotatable bonds is 4. The molecule has 27 heavy (non-hydrogen) atoms. The van der Waals surface area contributed by atoms with E-state index in [-0.39, 0.29) is 34.6 Å². The molecule has 0 unspecified atom stereocenters. The molecular formula is C17H15F3N4O2S. The molecule has 4 rings (SSSR count). The lowest BCUT2D eigenvalue weighted by atomic mass is 10.2. The van der Waals surface area contributed by atoms with E-state index in [1.807, 2.05) is 0 Å². The van der Waals surface area contributed by atoms with Crippen LogP contribution in [0.25, 0.3) is 4.96 Å². The average Bonchev–Trinajstić information content (AvgIpc) is 3.20. The summed E-state index contributed by atoms with van der Waals surface area (Å²) < 4.78 is 42.1. The van der Waals surface area contributed by atoms with Crippen LogP contribution in [0.4, 0.5) is 13.2 Å². The summed E-state index contributed by atoms with van der Waals surface area (Å²) in [6.45, 7) is 2.79. The lowest BCUT2D eigenvalue weighted by Gasteiger charge is -2.10. The molecule has 1 fully saturated rings. The van der Waals surface area contributed by atoms with Crippen LogP contribution in [0.2, 0.25) is 0 Å². The third-order valence-corrected chi connectivity index (χ3v) is 5.43. The van der Waals surface area contributed by atoms with Gasteiger partial charge in [0.05, 0.1) is 17.9 Å². The van der Waals surface area contributed by atoms with Crippen molar-refractivity contribution in [2.45, 2.75) is 45.3 Å². The van der Waals surface area contributed by atoms with Crippen LogP contribution in [0.15, 0.2) is 16.9 Å². The minimum atomic E-state index is -4.54. The van der Waals surface area contributed by atoms with Crippen LogP contribution < -0.4 is 5.56 Å². The Bertz CT molecular complexity index is 1120. The van der Waals surface area contributed by atoms with E-state index in [9.17, 15) is 22.8 Å². The van der Waals surface area contributed by atoms with E-state index < -0.39 is 17.4 Å². The molecule has 3 aromatic rings. The largest absolute Gasteiger partial charge is 0.433 e. The van der Waals surface area contributed by atoms with E-state index in [2.05, 4.69) is 10.1 Å². The Morgan fingerprint density at radius 1 is 1.33 bits per heavy atom. The number of halogens is 3. The SMILES string of the molecule is CC(=O)c1c(C)sc2nc(Cn3nc(C4CC4)cc3C(F)(F)F)cc(=O)n12. The molecule has 6 nitrogen and oxygen atoms in total. The van der Waals surface area contributed by atoms with Gasteiger partial charge in [0.15, 0.2) is 10.7 Å². The monoisotopic (exact) mass is 396 g/mol. The zero-order valence-electron chi connectivity index (χ0n) is 14.5. The lowest BCUT2D eigenvalue weighted by molar-refractivity contribution is -0.144. The average molecular weight is 396 g/mol. The molecule has 1 saturated carbocycles. The number of thiazole rings is 1. The molecule has 0 saturated heterocycles. The van der Waals surface area contributed by atoms with Gasteiger partial charge >= 0.3 is 6.18 Å². The maximum Gasteiger partial charge on any atom is 0.433 e. The van der Waals surface area contributed by atoms with Crippen molar-refractivity contribution in [1.29, 1.82) is 0 Å². The summed E-state index contributed by atoms with van der Waals surface area (Å²) in [7, 11) is 0. The highest BCUT2D eigenvalue weighted by molar-refractivity contribution is 7.17. The van der Waals surface area contributed by atoms with Crippen LogP contribution in [0, 0.1) is 6.92 Å². The highest BCUT2D eigenvalue weighted by atomic mass is 32.1. The molecule has 3 heterocycles. The minimum absolute atomic E-state index is 0.0754. The van der Waals surface area contributed by atoms with Crippen molar-refractivity contribution in [3.8, 4) is 0 Å². The number of carbonyl (C=O) groups is 1. The number of aromatic nitrogens is 4. The fourth-order valence-electron chi connectivity index (χ4n) is 3.13. The van der Waals surface area contributed by atoms with E-state index in [1.165, 1.54) is 11.3 Å². The third kappa shape index (κ3) is 3.18. The Balaban J connectivity index is 1.78. The van der Waals surface area contributed by atoms with E-state index in [0.717, 1.165) is 41.0 Å². The quantitative estimate of drug-likeness (QED) is 0.634. The van der Waals surface area contributed by atoms with Gasteiger partial charge in [0.2, 0.25) is 0 Å². The fourth-order valence-corrected chi connectivity index (χ4v) is 4.17. The number of carbonyl (C=O) groups excluding carboxylic acids is 1. The van der Waals surface area contributed by atoms with Gasteiger partial charge < -0.3 is 0 Å². The van der Waals surface area contributed by atoms with Gasteiger partial charge in [0.1, 0.15) is 11.4 Å². The second-order valence-electron chi connectivity index (χ2n) is 6.65. The zero-order valence-corrected chi connectivity index (χ0v) is 15.3. The first-order valence-electron chi connectivity index (χ1n) is 8.33. The van der Waals surface area contributed by atoms with Crippen molar-refractivity contribution in [2.75, 3.05) is 0 Å². The molecule has 0 amide bonds. The van der Waals surface area contributed by atoms with Gasteiger partial charge in [-0.05, 0) is 25.8 Å². The number of hydrogen-bond donors (Lipinski definition) is 0. The summed E-state index contributed by atoms with van der Waals surface area (Å²) in [5, 5.41) is 4.09. The highest BCUT2D eigenvalue weighted by Gasteiger charge is 2.38. The van der Waals surface area contributed by atoms with Crippen molar-refractivity contribution in [3.05, 3.63) is 50.1 Å². The first-order valence-corrected chi connectivity index (χ1v) is 9.14. The van der Waals surface area contributed by atoms with Crippen LogP contribution in [0.3, 0.4) is 0 Å². The summed E-state index contributed by atoms with van der Waals surface area (Å²) >= 11 is 1.15. The standard InChI is InChI=1S/C17H15F3N4O2S/c1-8(25)15-9(2)27-16-21-11(5-14(26)24(15)16)7-23-13(17(18,19)20)6-12(22-23)10-3-4-10/h5-6,10H,3-4,7H2,1-2H3. The number of aryl methyl sites for hydroxylation is 1. The summed E-state index contributed by atoms with van der Waals surface area (Å²) in [6, 6.07) is 2.23. The lowest BCUT2D eigenvalue weighted by Crippen LogP contribution is -2.21. The molecule has 0 spiro atoms. The number of nitrogens with zero attached hydrogens (tertiary/aromatic N) is 4. The molecule has 10 heteroatoms. The number of fused-ring (bicyclic) bond motifs is 1. The molecule has 0 atom stereocenters. The third-order valence-electron chi connectivity index (χ3n) is 4.47. The first-order chi connectivity index (χ1) is 12.6. The molecule has 1 aliphatic carbocycles. The van der Waals surface area contributed by atoms with Crippen LogP contribution in [-0.4, -0.2) is 24.9 Å². The van der Waals surface area contributed by atoms with Crippen molar-refractivity contribution in [3.63, 3.8) is 0 Å². The van der Waals surface area contributed by atoms with E-state index in [4.69, 9.17) is 0 Å². The summed E-state index contributed by atoms with van der Waals surface area (Å²) in [4.78, 5) is 29.4. The Morgan fingerprint density at radius 3 is 2.63 bits per heavy atom. The van der Waals surface area contributed by atoms with Crippen LogP contribution >= 0.6 is 11.3 Å². The second kappa shape index (κ2) is 6.01. The van der Waals surface area contributed by atoms with E-state index >= 15 is 0 Å². The highest BCUT2D eigenvalue weighted by Crippen LogP contribution is 2.41. The topological polar surface area (TPSA) is 69.3 Å². The van der Waals surface area contributed by atoms with E-state index in [0.29, 0.717) is 10.6 Å². The molecule has 0 N–H and O–H groups in total. The molecule has 0 bridgehead atoms. The summed E-state index contributed by atoms with van der Waals surface area (Å²) in [5.41, 5.74) is -0.491. The number of alkyl halides is 3. The number of ketones is 1. The van der Waals surface area contributed by atoms with Gasteiger partial charge in [-0.25, -0.2) is 9.38 Å². The Hall–Kier alpha value is -2.49. The van der Waals surface area contributed by atoms with Gasteiger partial charge in [-0.1, -0.05) is 0 Å². The van der Waals surface area contributed by atoms with Crippen molar-refractivity contribution >= 4 is 22.1 Å². The van der Waals surface area contributed by atoms with Gasteiger partial charge in [0, 0.05) is 23.8 Å². The molecule has 0 aliphatic heterocycles. The Morgan fingerprint density at radius 2 is 2.04 bits per heavy atom. The van der Waals surface area contributed by atoms with Crippen LogP contribution in [0.1, 0.15) is 58.1 Å². The van der Waals surface area contributed by atoms with Crippen LogP contribution in [-0.2, 0) is 12.7 Å². The van der Waals surface area contributed by atoms with E-state index in [1.54, 1.807) is 6.92 Å².